The second-order valence-electron chi connectivity index (χ2n) is 8.60. The number of hydrogen-bond acceptors (Lipinski definition) is 4. The number of nitrogens with one attached hydrogen (secondary N) is 1. The maximum atomic E-state index is 13.6. The van der Waals surface area contributed by atoms with E-state index < -0.39 is 22.6 Å². The third kappa shape index (κ3) is 4.56. The Labute approximate surface area is 191 Å². The second-order valence-corrected chi connectivity index (χ2v) is 10.1. The molecule has 32 heavy (non-hydrogen) atoms. The molecule has 2 bridgehead atoms. The minimum Gasteiger partial charge on any atom is -0.465 e. The lowest BCUT2D eigenvalue weighted by Gasteiger charge is -2.43. The number of fused-ring (bicyclic) bond motifs is 2. The lowest BCUT2D eigenvalue weighted by atomic mass is 9.67. The van der Waals surface area contributed by atoms with Gasteiger partial charge in [0.1, 0.15) is 0 Å². The molecule has 1 heterocycles. The van der Waals surface area contributed by atoms with Gasteiger partial charge in [0.25, 0.3) is 0 Å². The molecule has 2 aromatic carbocycles. The fraction of sp³-hybridized carbons (Fsp3) is 0.385. The molecule has 168 valence electrons. The summed E-state index contributed by atoms with van der Waals surface area (Å²) in [6.07, 6.45) is 4.48. The van der Waals surface area contributed by atoms with Crippen LogP contribution in [0.1, 0.15) is 31.7 Å². The van der Waals surface area contributed by atoms with Gasteiger partial charge >= 0.3 is 5.97 Å². The Balaban J connectivity index is 1.70. The van der Waals surface area contributed by atoms with Crippen LogP contribution in [0, 0.1) is 30.6 Å². The first-order valence-electron chi connectivity index (χ1n) is 11.2. The maximum absolute atomic E-state index is 13.6. The van der Waals surface area contributed by atoms with Crippen molar-refractivity contribution in [1.29, 1.82) is 0 Å². The lowest BCUT2D eigenvalue weighted by molar-refractivity contribution is -0.166. The summed E-state index contributed by atoms with van der Waals surface area (Å²) in [4.78, 5) is 27.8. The van der Waals surface area contributed by atoms with Crippen LogP contribution in [0.3, 0.4) is 0 Å². The highest BCUT2D eigenvalue weighted by atomic mass is 32.2. The SMILES string of the molecule is CCCC[C@H]1C(S(=O)c2ccc(C)cc2)=C[C@H]2COC(=O)[C@@H]1[C@@H]2C(=O)Nc1ccccc1. The van der Waals surface area contributed by atoms with Gasteiger partial charge in [0.15, 0.2) is 0 Å². The normalized spacial score (nSPS) is 25.4. The number of anilines is 1. The first-order valence-corrected chi connectivity index (χ1v) is 12.4. The summed E-state index contributed by atoms with van der Waals surface area (Å²) in [7, 11) is -1.38. The van der Waals surface area contributed by atoms with Crippen LogP contribution in [0.15, 0.2) is 70.5 Å². The number of cyclic esters (lactones) is 1. The van der Waals surface area contributed by atoms with Crippen LogP contribution in [-0.2, 0) is 25.1 Å². The first kappa shape index (κ1) is 22.5. The van der Waals surface area contributed by atoms with E-state index in [1.54, 1.807) is 0 Å². The fourth-order valence-corrected chi connectivity index (χ4v) is 6.21. The molecule has 0 radical (unpaired) electrons. The Bertz CT molecular complexity index is 1030. The second kappa shape index (κ2) is 9.82. The molecule has 2 aromatic rings. The minimum absolute atomic E-state index is 0.136. The Morgan fingerprint density at radius 3 is 2.53 bits per heavy atom. The molecule has 4 rings (SSSR count). The molecule has 6 heteroatoms. The third-order valence-corrected chi connectivity index (χ3v) is 7.94. The van der Waals surface area contributed by atoms with Gasteiger partial charge in [0.2, 0.25) is 5.91 Å². The molecule has 1 amide bonds. The van der Waals surface area contributed by atoms with Crippen molar-refractivity contribution in [2.45, 2.75) is 38.0 Å². The standard InChI is InChI=1S/C26H29NO4S/c1-3-4-10-21-22(32(30)20-13-11-17(2)12-14-20)15-18-16-31-26(29)24(21)23(18)25(28)27-19-8-6-5-7-9-19/h5-9,11-15,18,21,23-24H,3-4,10,16H2,1-2H3,(H,27,28)/t18-,21-,23+,24-,32?/m0/s1. The van der Waals surface area contributed by atoms with Gasteiger partial charge in [-0.15, -0.1) is 0 Å². The Kier molecular flexibility index (Phi) is 6.89. The van der Waals surface area contributed by atoms with Crippen molar-refractivity contribution in [2.75, 3.05) is 11.9 Å². The van der Waals surface area contributed by atoms with E-state index in [9.17, 15) is 13.8 Å². The van der Waals surface area contributed by atoms with Gasteiger partial charge < -0.3 is 10.1 Å². The van der Waals surface area contributed by atoms with Crippen LogP contribution >= 0.6 is 0 Å². The predicted molar refractivity (Wildman–Crippen MR) is 125 cm³/mol. The van der Waals surface area contributed by atoms with Crippen LogP contribution in [0.2, 0.25) is 0 Å². The molecule has 1 fully saturated rings. The van der Waals surface area contributed by atoms with Crippen LogP contribution in [0.5, 0.6) is 0 Å². The van der Waals surface area contributed by atoms with Gasteiger partial charge in [0.05, 0.1) is 29.2 Å². The highest BCUT2D eigenvalue weighted by Gasteiger charge is 2.52. The smallest absolute Gasteiger partial charge is 0.310 e. The molecule has 5 nitrogen and oxygen atoms in total. The highest BCUT2D eigenvalue weighted by Crippen LogP contribution is 2.46. The fourth-order valence-electron chi connectivity index (χ4n) is 4.72. The zero-order chi connectivity index (χ0) is 22.7. The van der Waals surface area contributed by atoms with E-state index in [-0.39, 0.29) is 30.3 Å². The lowest BCUT2D eigenvalue weighted by Crippen LogP contribution is -2.51. The first-order chi connectivity index (χ1) is 15.5. The average molecular weight is 452 g/mol. The summed E-state index contributed by atoms with van der Waals surface area (Å²) in [6, 6.07) is 16.9. The Hall–Kier alpha value is -2.73. The number of ether oxygens (including phenoxy) is 1. The van der Waals surface area contributed by atoms with Crippen LogP contribution in [-0.4, -0.2) is 22.7 Å². The number of rotatable bonds is 7. The van der Waals surface area contributed by atoms with Crippen molar-refractivity contribution in [1.82, 2.24) is 0 Å². The molecule has 0 saturated carbocycles. The number of unbranched alkanes of at least 4 members (excludes halogenated alkanes) is 1. The number of aryl methyl sites for hydroxylation is 1. The average Bonchev–Trinajstić information content (AvgIpc) is 2.80. The van der Waals surface area contributed by atoms with E-state index in [0.717, 1.165) is 28.2 Å². The van der Waals surface area contributed by atoms with Crippen molar-refractivity contribution in [3.8, 4) is 0 Å². The summed E-state index contributed by atoms with van der Waals surface area (Å²) in [5, 5.41) is 2.97. The van der Waals surface area contributed by atoms with E-state index in [1.807, 2.05) is 67.6 Å². The van der Waals surface area contributed by atoms with E-state index in [2.05, 4.69) is 12.2 Å². The van der Waals surface area contributed by atoms with Crippen molar-refractivity contribution in [2.24, 2.45) is 23.7 Å². The number of carbonyl (C=O) groups excluding carboxylic acids is 2. The number of hydrogen-bond donors (Lipinski definition) is 1. The van der Waals surface area contributed by atoms with Gasteiger partial charge in [-0.2, -0.15) is 0 Å². The summed E-state index contributed by atoms with van der Waals surface area (Å²) >= 11 is 0. The molecule has 1 N–H and O–H groups in total. The minimum atomic E-state index is -1.38. The number of benzene rings is 2. The molecule has 1 saturated heterocycles. The number of allylic oxidation sites excluding steroid dienone is 1. The summed E-state index contributed by atoms with van der Waals surface area (Å²) in [5.74, 6) is -2.27. The number of para-hydroxylation sites is 1. The summed E-state index contributed by atoms with van der Waals surface area (Å²) < 4.78 is 19.1. The molecular weight excluding hydrogens is 422 g/mol. The van der Waals surface area contributed by atoms with Gasteiger partial charge in [-0.3, -0.25) is 9.59 Å². The van der Waals surface area contributed by atoms with Gasteiger partial charge in [0, 0.05) is 27.3 Å². The van der Waals surface area contributed by atoms with Crippen molar-refractivity contribution < 1.29 is 18.5 Å². The van der Waals surface area contributed by atoms with Crippen LogP contribution < -0.4 is 5.32 Å². The molecular formula is C26H29NO4S. The topological polar surface area (TPSA) is 72.5 Å². The predicted octanol–water partition coefficient (Wildman–Crippen LogP) is 4.85. The number of amides is 1. The molecule has 1 aliphatic heterocycles. The Morgan fingerprint density at radius 1 is 1.12 bits per heavy atom. The number of esters is 1. The van der Waals surface area contributed by atoms with Gasteiger partial charge in [-0.1, -0.05) is 61.7 Å². The highest BCUT2D eigenvalue weighted by molar-refractivity contribution is 7.89. The molecule has 2 aliphatic rings. The summed E-state index contributed by atoms with van der Waals surface area (Å²) in [6.45, 7) is 4.22. The maximum Gasteiger partial charge on any atom is 0.310 e. The van der Waals surface area contributed by atoms with E-state index in [0.29, 0.717) is 12.1 Å². The Morgan fingerprint density at radius 2 is 1.84 bits per heavy atom. The third-order valence-electron chi connectivity index (χ3n) is 6.38. The molecule has 0 spiro atoms. The van der Waals surface area contributed by atoms with Gasteiger partial charge in [-0.05, 0) is 37.6 Å². The zero-order valence-electron chi connectivity index (χ0n) is 18.5. The van der Waals surface area contributed by atoms with Crippen molar-refractivity contribution in [3.63, 3.8) is 0 Å². The van der Waals surface area contributed by atoms with Crippen molar-refractivity contribution in [3.05, 3.63) is 71.1 Å². The molecule has 1 unspecified atom stereocenters. The molecule has 5 atom stereocenters. The van der Waals surface area contributed by atoms with E-state index in [4.69, 9.17) is 4.74 Å². The quantitative estimate of drug-likeness (QED) is 0.611. The van der Waals surface area contributed by atoms with Crippen LogP contribution in [0.4, 0.5) is 5.69 Å². The number of carbonyl (C=O) groups is 2. The van der Waals surface area contributed by atoms with Gasteiger partial charge in [-0.25, -0.2) is 4.21 Å². The van der Waals surface area contributed by atoms with Crippen LogP contribution in [0.25, 0.3) is 0 Å². The molecule has 0 aromatic heterocycles. The largest absolute Gasteiger partial charge is 0.465 e. The zero-order valence-corrected chi connectivity index (χ0v) is 19.3. The molecule has 1 aliphatic carbocycles. The van der Waals surface area contributed by atoms with Crippen molar-refractivity contribution >= 4 is 28.4 Å². The van der Waals surface area contributed by atoms with E-state index in [1.165, 1.54) is 0 Å². The summed E-state index contributed by atoms with van der Waals surface area (Å²) in [5.41, 5.74) is 1.80. The monoisotopic (exact) mass is 451 g/mol. The van der Waals surface area contributed by atoms with E-state index >= 15 is 0 Å².